The number of para-hydroxylation sites is 1. The predicted molar refractivity (Wildman–Crippen MR) is 87.8 cm³/mol. The normalized spacial score (nSPS) is 11.0. The Balaban J connectivity index is 2.36. The number of phenols is 1. The first kappa shape index (κ1) is 13.9. The molecule has 0 unspecified atom stereocenters. The van der Waals surface area contributed by atoms with Crippen molar-refractivity contribution in [3.05, 3.63) is 59.2 Å². The topological polar surface area (TPSA) is 33.1 Å². The maximum atomic E-state index is 9.78. The fourth-order valence-corrected chi connectivity index (χ4v) is 2.91. The molecule has 0 amide bonds. The average Bonchev–Trinajstić information content (AvgIpc) is 2.47. The molecule has 0 radical (unpaired) electrons. The van der Waals surface area contributed by atoms with E-state index >= 15 is 0 Å². The van der Waals surface area contributed by atoms with Crippen LogP contribution in [0.25, 0.3) is 22.0 Å². The van der Waals surface area contributed by atoms with E-state index in [0.717, 1.165) is 34.9 Å². The number of hydrogen-bond donors (Lipinski definition) is 1. The Bertz CT molecular complexity index is 798. The highest BCUT2D eigenvalue weighted by Gasteiger charge is 2.12. The van der Waals surface area contributed by atoms with Crippen LogP contribution in [0.5, 0.6) is 5.75 Å². The first-order valence-corrected chi connectivity index (χ1v) is 7.44. The second-order valence-corrected chi connectivity index (χ2v) is 5.50. The molecule has 3 rings (SSSR count). The van der Waals surface area contributed by atoms with E-state index in [-0.39, 0.29) is 5.75 Å². The fraction of sp³-hybridized carbons (Fsp3) is 0.167. The third kappa shape index (κ3) is 2.59. The van der Waals surface area contributed by atoms with Crippen molar-refractivity contribution >= 4 is 22.5 Å². The summed E-state index contributed by atoms with van der Waals surface area (Å²) in [6, 6.07) is 13.2. The summed E-state index contributed by atoms with van der Waals surface area (Å²) in [5, 5.41) is 11.5. The van der Waals surface area contributed by atoms with Gasteiger partial charge in [-0.25, -0.2) is 0 Å². The SMILES string of the molecule is CCCc1cnc2c(Cl)cccc2c1-c1cccc(O)c1. The molecule has 0 aliphatic rings. The van der Waals surface area contributed by atoms with E-state index in [4.69, 9.17) is 11.6 Å². The molecule has 0 saturated carbocycles. The first-order chi connectivity index (χ1) is 10.2. The third-order valence-electron chi connectivity index (χ3n) is 3.58. The van der Waals surface area contributed by atoms with Crippen molar-refractivity contribution in [2.24, 2.45) is 0 Å². The molecule has 21 heavy (non-hydrogen) atoms. The predicted octanol–water partition coefficient (Wildman–Crippen LogP) is 5.21. The van der Waals surface area contributed by atoms with Crippen LogP contribution in [0.1, 0.15) is 18.9 Å². The van der Waals surface area contributed by atoms with E-state index in [1.165, 1.54) is 5.56 Å². The summed E-state index contributed by atoms with van der Waals surface area (Å²) in [5.74, 6) is 0.266. The summed E-state index contributed by atoms with van der Waals surface area (Å²) < 4.78 is 0. The van der Waals surface area contributed by atoms with Gasteiger partial charge in [-0.05, 0) is 41.3 Å². The molecular weight excluding hydrogens is 282 g/mol. The van der Waals surface area contributed by atoms with Gasteiger partial charge in [-0.15, -0.1) is 0 Å². The Morgan fingerprint density at radius 3 is 2.71 bits per heavy atom. The van der Waals surface area contributed by atoms with Crippen LogP contribution in [0.2, 0.25) is 5.02 Å². The maximum Gasteiger partial charge on any atom is 0.116 e. The molecule has 0 spiro atoms. The minimum absolute atomic E-state index is 0.266. The molecule has 0 bridgehead atoms. The molecule has 1 heterocycles. The number of fused-ring (bicyclic) bond motifs is 1. The lowest BCUT2D eigenvalue weighted by Crippen LogP contribution is -1.94. The quantitative estimate of drug-likeness (QED) is 0.719. The van der Waals surface area contributed by atoms with Gasteiger partial charge in [0.1, 0.15) is 5.75 Å². The number of aromatic hydroxyl groups is 1. The molecule has 2 aromatic carbocycles. The highest BCUT2D eigenvalue weighted by atomic mass is 35.5. The Morgan fingerprint density at radius 2 is 1.95 bits per heavy atom. The number of phenolic OH excluding ortho intramolecular Hbond substituents is 1. The van der Waals surface area contributed by atoms with Crippen LogP contribution in [0.15, 0.2) is 48.7 Å². The van der Waals surface area contributed by atoms with Crippen molar-refractivity contribution in [3.63, 3.8) is 0 Å². The summed E-state index contributed by atoms with van der Waals surface area (Å²) in [7, 11) is 0. The van der Waals surface area contributed by atoms with Crippen molar-refractivity contribution in [3.8, 4) is 16.9 Å². The van der Waals surface area contributed by atoms with Crippen molar-refractivity contribution in [1.82, 2.24) is 4.98 Å². The maximum absolute atomic E-state index is 9.78. The third-order valence-corrected chi connectivity index (χ3v) is 3.89. The Morgan fingerprint density at radius 1 is 1.14 bits per heavy atom. The number of rotatable bonds is 3. The molecule has 0 fully saturated rings. The number of hydrogen-bond acceptors (Lipinski definition) is 2. The molecule has 1 aromatic heterocycles. The van der Waals surface area contributed by atoms with Gasteiger partial charge in [-0.1, -0.05) is 49.2 Å². The van der Waals surface area contributed by atoms with Gasteiger partial charge in [0.05, 0.1) is 10.5 Å². The van der Waals surface area contributed by atoms with Gasteiger partial charge in [-0.3, -0.25) is 4.98 Å². The fourth-order valence-electron chi connectivity index (χ4n) is 2.69. The lowest BCUT2D eigenvalue weighted by Gasteiger charge is -2.13. The highest BCUT2D eigenvalue weighted by Crippen LogP contribution is 2.35. The Hall–Kier alpha value is -2.06. The van der Waals surface area contributed by atoms with Crippen molar-refractivity contribution in [2.75, 3.05) is 0 Å². The monoisotopic (exact) mass is 297 g/mol. The van der Waals surface area contributed by atoms with Gasteiger partial charge in [0.25, 0.3) is 0 Å². The number of aryl methyl sites for hydroxylation is 1. The molecule has 0 atom stereocenters. The Kier molecular flexibility index (Phi) is 3.80. The summed E-state index contributed by atoms with van der Waals surface area (Å²) in [5.41, 5.74) is 4.09. The smallest absolute Gasteiger partial charge is 0.116 e. The second-order valence-electron chi connectivity index (χ2n) is 5.09. The minimum atomic E-state index is 0.266. The van der Waals surface area contributed by atoms with Gasteiger partial charge in [0.15, 0.2) is 0 Å². The zero-order valence-electron chi connectivity index (χ0n) is 11.8. The molecule has 1 N–H and O–H groups in total. The highest BCUT2D eigenvalue weighted by molar-refractivity contribution is 6.35. The van der Waals surface area contributed by atoms with Crippen molar-refractivity contribution in [1.29, 1.82) is 0 Å². The molecule has 3 aromatic rings. The second kappa shape index (κ2) is 5.74. The number of halogens is 1. The van der Waals surface area contributed by atoms with E-state index < -0.39 is 0 Å². The number of aromatic nitrogens is 1. The standard InChI is InChI=1S/C18H16ClNO/c1-2-5-13-11-20-18-15(8-4-9-16(18)19)17(13)12-6-3-7-14(21)10-12/h3-4,6-11,21H,2,5H2,1H3. The van der Waals surface area contributed by atoms with E-state index in [1.54, 1.807) is 12.1 Å². The van der Waals surface area contributed by atoms with Crippen LogP contribution in [-0.2, 0) is 6.42 Å². The number of nitrogens with zero attached hydrogens (tertiary/aromatic N) is 1. The van der Waals surface area contributed by atoms with Crippen LogP contribution in [-0.4, -0.2) is 10.1 Å². The van der Waals surface area contributed by atoms with Crippen LogP contribution < -0.4 is 0 Å². The van der Waals surface area contributed by atoms with Crippen molar-refractivity contribution < 1.29 is 5.11 Å². The molecular formula is C18H16ClNO. The van der Waals surface area contributed by atoms with Crippen LogP contribution in [0.3, 0.4) is 0 Å². The number of pyridine rings is 1. The molecule has 0 aliphatic heterocycles. The lowest BCUT2D eigenvalue weighted by molar-refractivity contribution is 0.475. The molecule has 106 valence electrons. The average molecular weight is 298 g/mol. The van der Waals surface area contributed by atoms with Crippen LogP contribution in [0.4, 0.5) is 0 Å². The van der Waals surface area contributed by atoms with Gasteiger partial charge >= 0.3 is 0 Å². The largest absolute Gasteiger partial charge is 0.508 e. The van der Waals surface area contributed by atoms with E-state index in [2.05, 4.69) is 11.9 Å². The summed E-state index contributed by atoms with van der Waals surface area (Å²) >= 11 is 6.27. The minimum Gasteiger partial charge on any atom is -0.508 e. The molecule has 3 heteroatoms. The van der Waals surface area contributed by atoms with Crippen LogP contribution >= 0.6 is 11.6 Å². The molecule has 0 saturated heterocycles. The molecule has 0 aliphatic carbocycles. The van der Waals surface area contributed by atoms with E-state index in [9.17, 15) is 5.11 Å². The summed E-state index contributed by atoms with van der Waals surface area (Å²) in [6.45, 7) is 2.15. The van der Waals surface area contributed by atoms with Gasteiger partial charge in [0, 0.05) is 11.6 Å². The zero-order chi connectivity index (χ0) is 14.8. The summed E-state index contributed by atoms with van der Waals surface area (Å²) in [6.07, 6.45) is 3.89. The lowest BCUT2D eigenvalue weighted by atomic mass is 9.94. The van der Waals surface area contributed by atoms with Crippen molar-refractivity contribution in [2.45, 2.75) is 19.8 Å². The number of benzene rings is 2. The van der Waals surface area contributed by atoms with E-state index in [1.807, 2.05) is 36.5 Å². The Labute approximate surface area is 129 Å². The van der Waals surface area contributed by atoms with Gasteiger partial charge in [-0.2, -0.15) is 0 Å². The zero-order valence-corrected chi connectivity index (χ0v) is 12.6. The van der Waals surface area contributed by atoms with Gasteiger partial charge in [0.2, 0.25) is 0 Å². The first-order valence-electron chi connectivity index (χ1n) is 7.06. The van der Waals surface area contributed by atoms with Crippen LogP contribution in [0, 0.1) is 0 Å². The molecule has 2 nitrogen and oxygen atoms in total. The van der Waals surface area contributed by atoms with Gasteiger partial charge < -0.3 is 5.11 Å². The van der Waals surface area contributed by atoms with E-state index in [0.29, 0.717) is 5.02 Å². The summed E-state index contributed by atoms with van der Waals surface area (Å²) in [4.78, 5) is 4.51.